The van der Waals surface area contributed by atoms with E-state index in [1.54, 1.807) is 12.4 Å². The van der Waals surface area contributed by atoms with E-state index in [1.165, 1.54) is 0 Å². The van der Waals surface area contributed by atoms with Gasteiger partial charge >= 0.3 is 0 Å². The number of nitrogens with two attached hydrogens (primary N) is 1. The van der Waals surface area contributed by atoms with Crippen molar-refractivity contribution in [2.24, 2.45) is 5.73 Å². The molecule has 0 fully saturated rings. The van der Waals surface area contributed by atoms with Gasteiger partial charge in [0.2, 0.25) is 0 Å². The summed E-state index contributed by atoms with van der Waals surface area (Å²) in [5.74, 6) is 0. The predicted octanol–water partition coefficient (Wildman–Crippen LogP) is 1.50. The van der Waals surface area contributed by atoms with Crippen LogP contribution in [-0.2, 0) is 6.42 Å². The van der Waals surface area contributed by atoms with E-state index in [0.717, 1.165) is 5.56 Å². The predicted molar refractivity (Wildman–Crippen MR) is 52.9 cm³/mol. The van der Waals surface area contributed by atoms with Crippen LogP contribution >= 0.6 is 0 Å². The van der Waals surface area contributed by atoms with Crippen molar-refractivity contribution in [3.63, 3.8) is 0 Å². The van der Waals surface area contributed by atoms with Gasteiger partial charge in [-0.1, -0.05) is 19.9 Å². The molecule has 3 nitrogen and oxygen atoms in total. The third kappa shape index (κ3) is 4.94. The fourth-order valence-corrected chi connectivity index (χ4v) is 0.818. The number of hydrogen-bond donors (Lipinski definition) is 1. The Kier molecular flexibility index (Phi) is 6.48. The zero-order valence-corrected chi connectivity index (χ0v) is 8.07. The molecule has 0 spiro atoms. The maximum Gasteiger partial charge on any atom is 0.0969 e. The van der Waals surface area contributed by atoms with Gasteiger partial charge in [0.1, 0.15) is 0 Å². The molecule has 0 aliphatic rings. The first-order valence-corrected chi connectivity index (χ1v) is 4.37. The van der Waals surface area contributed by atoms with Crippen LogP contribution in [0.2, 0.25) is 0 Å². The number of hydrogen-bond acceptors (Lipinski definition) is 3. The Labute approximate surface area is 79.2 Å². The van der Waals surface area contributed by atoms with Crippen LogP contribution in [0.3, 0.4) is 0 Å². The van der Waals surface area contributed by atoms with E-state index in [2.05, 4.69) is 4.98 Å². The summed E-state index contributed by atoms with van der Waals surface area (Å²) >= 11 is 0. The quantitative estimate of drug-likeness (QED) is 0.744. The van der Waals surface area contributed by atoms with E-state index >= 15 is 0 Å². The molecule has 1 heterocycles. The fourth-order valence-electron chi connectivity index (χ4n) is 0.818. The van der Waals surface area contributed by atoms with Crippen LogP contribution in [0.5, 0.6) is 0 Å². The molecule has 0 amide bonds. The Morgan fingerprint density at radius 2 is 2.31 bits per heavy atom. The Morgan fingerprint density at radius 3 is 2.77 bits per heavy atom. The van der Waals surface area contributed by atoms with Crippen molar-refractivity contribution in [1.29, 1.82) is 5.26 Å². The molecule has 0 radical (unpaired) electrons. The highest BCUT2D eigenvalue weighted by Crippen LogP contribution is 1.98. The molecular formula is C10H15N3. The molecule has 0 aromatic carbocycles. The van der Waals surface area contributed by atoms with Crippen molar-refractivity contribution in [3.05, 3.63) is 30.1 Å². The van der Waals surface area contributed by atoms with E-state index in [1.807, 2.05) is 32.0 Å². The normalized spacial score (nSPS) is 10.6. The third-order valence-electron chi connectivity index (χ3n) is 1.34. The SMILES string of the molecule is CC.N#CC(N)Cc1cccnc1. The van der Waals surface area contributed by atoms with E-state index in [-0.39, 0.29) is 0 Å². The number of nitriles is 1. The maximum atomic E-state index is 8.40. The summed E-state index contributed by atoms with van der Waals surface area (Å²) in [5, 5.41) is 8.40. The number of rotatable bonds is 2. The lowest BCUT2D eigenvalue weighted by Gasteiger charge is -2.00. The van der Waals surface area contributed by atoms with Gasteiger partial charge in [0.05, 0.1) is 12.1 Å². The van der Waals surface area contributed by atoms with Crippen molar-refractivity contribution in [2.45, 2.75) is 26.3 Å². The highest BCUT2D eigenvalue weighted by Gasteiger charge is 2.00. The molecule has 1 aromatic rings. The summed E-state index contributed by atoms with van der Waals surface area (Å²) < 4.78 is 0. The molecule has 70 valence electrons. The first-order valence-electron chi connectivity index (χ1n) is 4.37. The highest BCUT2D eigenvalue weighted by molar-refractivity contribution is 5.12. The minimum absolute atomic E-state index is 0.417. The smallest absolute Gasteiger partial charge is 0.0969 e. The molecule has 0 saturated heterocycles. The first kappa shape index (κ1) is 11.6. The number of pyridine rings is 1. The first-order chi connectivity index (χ1) is 6.33. The third-order valence-corrected chi connectivity index (χ3v) is 1.34. The standard InChI is InChI=1S/C8H9N3.C2H6/c9-5-8(10)4-7-2-1-3-11-6-7;1-2/h1-3,6,8H,4,10H2;1-2H3. The van der Waals surface area contributed by atoms with Gasteiger partial charge in [0.25, 0.3) is 0 Å². The second-order valence-electron chi connectivity index (χ2n) is 2.30. The van der Waals surface area contributed by atoms with Crippen LogP contribution in [-0.4, -0.2) is 11.0 Å². The van der Waals surface area contributed by atoms with Crippen molar-refractivity contribution >= 4 is 0 Å². The lowest BCUT2D eigenvalue weighted by atomic mass is 10.1. The van der Waals surface area contributed by atoms with Crippen LogP contribution in [0.4, 0.5) is 0 Å². The zero-order valence-electron chi connectivity index (χ0n) is 8.07. The maximum absolute atomic E-state index is 8.40. The van der Waals surface area contributed by atoms with Gasteiger partial charge in [-0.05, 0) is 11.6 Å². The van der Waals surface area contributed by atoms with Crippen LogP contribution in [0.1, 0.15) is 19.4 Å². The number of nitrogens with zero attached hydrogens (tertiary/aromatic N) is 2. The molecule has 0 saturated carbocycles. The summed E-state index contributed by atoms with van der Waals surface area (Å²) in [5.41, 5.74) is 6.42. The summed E-state index contributed by atoms with van der Waals surface area (Å²) in [6.07, 6.45) is 3.99. The van der Waals surface area contributed by atoms with E-state index in [4.69, 9.17) is 11.0 Å². The average Bonchev–Trinajstić information content (AvgIpc) is 2.22. The topological polar surface area (TPSA) is 62.7 Å². The average molecular weight is 177 g/mol. The van der Waals surface area contributed by atoms with Crippen LogP contribution in [0.15, 0.2) is 24.5 Å². The molecular weight excluding hydrogens is 162 g/mol. The lowest BCUT2D eigenvalue weighted by Crippen LogP contribution is -2.19. The van der Waals surface area contributed by atoms with E-state index in [9.17, 15) is 0 Å². The van der Waals surface area contributed by atoms with Crippen molar-refractivity contribution < 1.29 is 0 Å². The molecule has 13 heavy (non-hydrogen) atoms. The molecule has 1 aromatic heterocycles. The second-order valence-corrected chi connectivity index (χ2v) is 2.30. The van der Waals surface area contributed by atoms with Gasteiger partial charge in [0, 0.05) is 18.8 Å². The second kappa shape index (κ2) is 7.26. The molecule has 1 rings (SSSR count). The van der Waals surface area contributed by atoms with Crippen molar-refractivity contribution in [3.8, 4) is 6.07 Å². The summed E-state index contributed by atoms with van der Waals surface area (Å²) in [4.78, 5) is 3.91. The summed E-state index contributed by atoms with van der Waals surface area (Å²) in [6.45, 7) is 4.00. The molecule has 0 bridgehead atoms. The highest BCUT2D eigenvalue weighted by atomic mass is 14.6. The van der Waals surface area contributed by atoms with Crippen LogP contribution in [0.25, 0.3) is 0 Å². The van der Waals surface area contributed by atoms with Crippen molar-refractivity contribution in [2.75, 3.05) is 0 Å². The Morgan fingerprint density at radius 1 is 1.62 bits per heavy atom. The number of aromatic nitrogens is 1. The molecule has 1 atom stereocenters. The Hall–Kier alpha value is -1.40. The zero-order chi connectivity index (χ0) is 10.1. The van der Waals surface area contributed by atoms with Gasteiger partial charge in [0.15, 0.2) is 0 Å². The summed E-state index contributed by atoms with van der Waals surface area (Å²) in [7, 11) is 0. The Balaban J connectivity index is 0.000000671. The van der Waals surface area contributed by atoms with E-state index in [0.29, 0.717) is 6.42 Å². The van der Waals surface area contributed by atoms with Crippen LogP contribution in [0, 0.1) is 11.3 Å². The minimum atomic E-state index is -0.417. The van der Waals surface area contributed by atoms with Gasteiger partial charge in [-0.2, -0.15) is 5.26 Å². The molecule has 1 unspecified atom stereocenters. The fraction of sp³-hybridized carbons (Fsp3) is 0.400. The molecule has 2 N–H and O–H groups in total. The Bertz CT molecular complexity index is 251. The van der Waals surface area contributed by atoms with E-state index < -0.39 is 6.04 Å². The van der Waals surface area contributed by atoms with Gasteiger partial charge in [-0.15, -0.1) is 0 Å². The molecule has 3 heteroatoms. The van der Waals surface area contributed by atoms with Crippen molar-refractivity contribution in [1.82, 2.24) is 4.98 Å². The van der Waals surface area contributed by atoms with Gasteiger partial charge in [-0.25, -0.2) is 0 Å². The minimum Gasteiger partial charge on any atom is -0.316 e. The molecule has 0 aliphatic heterocycles. The van der Waals surface area contributed by atoms with Crippen LogP contribution < -0.4 is 5.73 Å². The molecule has 0 aliphatic carbocycles. The monoisotopic (exact) mass is 177 g/mol. The van der Waals surface area contributed by atoms with Gasteiger partial charge in [-0.3, -0.25) is 4.98 Å². The lowest BCUT2D eigenvalue weighted by molar-refractivity contribution is 0.819. The largest absolute Gasteiger partial charge is 0.316 e. The van der Waals surface area contributed by atoms with Gasteiger partial charge < -0.3 is 5.73 Å². The summed E-state index contributed by atoms with van der Waals surface area (Å²) in [6, 6.07) is 5.29.